The number of aromatic nitrogens is 1. The molecule has 1 unspecified atom stereocenters. The summed E-state index contributed by atoms with van der Waals surface area (Å²) in [4.78, 5) is 32.2. The molecule has 1 aliphatic rings. The first-order chi connectivity index (χ1) is 13.5. The van der Waals surface area contributed by atoms with Crippen LogP contribution in [0.4, 0.5) is 9.52 Å². The number of rotatable bonds is 2. The van der Waals surface area contributed by atoms with Gasteiger partial charge in [0, 0.05) is 11.6 Å². The number of benzene rings is 2. The third-order valence-corrected chi connectivity index (χ3v) is 5.59. The van der Waals surface area contributed by atoms with E-state index in [-0.39, 0.29) is 16.8 Å². The van der Waals surface area contributed by atoms with Gasteiger partial charge in [0.25, 0.3) is 5.91 Å². The molecule has 1 atom stereocenters. The Morgan fingerprint density at radius 3 is 2.79 bits per heavy atom. The van der Waals surface area contributed by atoms with Crippen molar-refractivity contribution in [2.24, 2.45) is 0 Å². The summed E-state index contributed by atoms with van der Waals surface area (Å²) in [5.41, 5.74) is 1.66. The molecule has 0 radical (unpaired) electrons. The van der Waals surface area contributed by atoms with E-state index in [0.717, 1.165) is 5.56 Å². The van der Waals surface area contributed by atoms with Gasteiger partial charge in [0.2, 0.25) is 5.76 Å². The number of thiazole rings is 1. The van der Waals surface area contributed by atoms with Gasteiger partial charge in [0.1, 0.15) is 11.4 Å². The average molecular weight is 392 g/mol. The maximum absolute atomic E-state index is 14.0. The zero-order chi connectivity index (χ0) is 19.4. The number of fused-ring (bicyclic) bond motifs is 2. The van der Waals surface area contributed by atoms with E-state index in [1.807, 2.05) is 13.0 Å². The van der Waals surface area contributed by atoms with Crippen LogP contribution in [0, 0.1) is 12.7 Å². The number of anilines is 1. The number of carbonyl (C=O) groups excluding carboxylic acids is 1. The SMILES string of the molecule is Cc1ccc2oc3c(c(=O)c2c1)C(c1cccc(F)c1)N(c1nccs1)C3=O. The molecule has 2 aromatic heterocycles. The molecule has 5 rings (SSSR count). The first kappa shape index (κ1) is 16.8. The fraction of sp³-hybridized carbons (Fsp3) is 0.0952. The molecule has 0 bridgehead atoms. The van der Waals surface area contributed by atoms with Gasteiger partial charge >= 0.3 is 0 Å². The molecule has 1 aliphatic heterocycles. The second-order valence-corrected chi connectivity index (χ2v) is 7.49. The lowest BCUT2D eigenvalue weighted by Gasteiger charge is -2.22. The molecule has 5 nitrogen and oxygen atoms in total. The van der Waals surface area contributed by atoms with Crippen LogP contribution in [0.1, 0.15) is 33.3 Å². The van der Waals surface area contributed by atoms with E-state index in [1.165, 1.54) is 28.4 Å². The van der Waals surface area contributed by atoms with Crippen molar-refractivity contribution in [2.45, 2.75) is 13.0 Å². The number of hydrogen-bond donors (Lipinski definition) is 0. The Bertz CT molecular complexity index is 1300. The van der Waals surface area contributed by atoms with Crippen LogP contribution in [0.2, 0.25) is 0 Å². The zero-order valence-electron chi connectivity index (χ0n) is 14.7. The van der Waals surface area contributed by atoms with Crippen molar-refractivity contribution in [1.29, 1.82) is 0 Å². The quantitative estimate of drug-likeness (QED) is 0.506. The highest BCUT2D eigenvalue weighted by Gasteiger charge is 2.44. The normalized spacial score (nSPS) is 16.0. The van der Waals surface area contributed by atoms with Crippen LogP contribution >= 0.6 is 11.3 Å². The minimum absolute atomic E-state index is 0.0224. The van der Waals surface area contributed by atoms with E-state index < -0.39 is 17.8 Å². The smallest absolute Gasteiger partial charge is 0.297 e. The van der Waals surface area contributed by atoms with Gasteiger partial charge < -0.3 is 4.42 Å². The molecular formula is C21H13FN2O3S. The van der Waals surface area contributed by atoms with Gasteiger partial charge in [0.15, 0.2) is 10.6 Å². The fourth-order valence-corrected chi connectivity index (χ4v) is 4.28. The Labute approximate surface area is 162 Å². The zero-order valence-corrected chi connectivity index (χ0v) is 15.5. The number of halogens is 1. The van der Waals surface area contributed by atoms with E-state index in [2.05, 4.69) is 4.98 Å². The Balaban J connectivity index is 1.85. The molecule has 0 saturated heterocycles. The molecule has 0 aliphatic carbocycles. The van der Waals surface area contributed by atoms with Crippen molar-refractivity contribution in [3.63, 3.8) is 0 Å². The summed E-state index contributed by atoms with van der Waals surface area (Å²) in [7, 11) is 0. The highest BCUT2D eigenvalue weighted by Crippen LogP contribution is 2.41. The maximum atomic E-state index is 14.0. The third-order valence-electron chi connectivity index (χ3n) is 4.82. The van der Waals surface area contributed by atoms with Crippen molar-refractivity contribution >= 4 is 33.3 Å². The van der Waals surface area contributed by atoms with E-state index in [4.69, 9.17) is 4.42 Å². The van der Waals surface area contributed by atoms with Gasteiger partial charge in [-0.15, -0.1) is 11.3 Å². The van der Waals surface area contributed by atoms with Crippen LogP contribution in [0.25, 0.3) is 11.0 Å². The molecule has 0 N–H and O–H groups in total. The van der Waals surface area contributed by atoms with Crippen LogP contribution in [-0.2, 0) is 0 Å². The molecule has 3 heterocycles. The summed E-state index contributed by atoms with van der Waals surface area (Å²) in [5.74, 6) is -0.928. The number of hydrogen-bond acceptors (Lipinski definition) is 5. The highest BCUT2D eigenvalue weighted by atomic mass is 32.1. The lowest BCUT2D eigenvalue weighted by Crippen LogP contribution is -2.29. The predicted octanol–water partition coefficient (Wildman–Crippen LogP) is 4.45. The molecule has 0 spiro atoms. The molecule has 138 valence electrons. The number of amides is 1. The van der Waals surface area contributed by atoms with Gasteiger partial charge in [-0.3, -0.25) is 14.5 Å². The second kappa shape index (κ2) is 6.10. The van der Waals surface area contributed by atoms with Gasteiger partial charge in [-0.1, -0.05) is 23.8 Å². The summed E-state index contributed by atoms with van der Waals surface area (Å²) in [5, 5.41) is 2.56. The van der Waals surface area contributed by atoms with Crippen LogP contribution in [-0.4, -0.2) is 10.9 Å². The molecule has 2 aromatic carbocycles. The minimum atomic E-state index is -0.800. The van der Waals surface area contributed by atoms with Gasteiger partial charge in [-0.25, -0.2) is 9.37 Å². The minimum Gasteiger partial charge on any atom is -0.450 e. The predicted molar refractivity (Wildman–Crippen MR) is 104 cm³/mol. The molecular weight excluding hydrogens is 379 g/mol. The van der Waals surface area contributed by atoms with E-state index >= 15 is 0 Å². The molecule has 4 aromatic rings. The van der Waals surface area contributed by atoms with Crippen molar-refractivity contribution in [1.82, 2.24) is 4.98 Å². The Morgan fingerprint density at radius 1 is 1.18 bits per heavy atom. The number of nitrogens with zero attached hydrogens (tertiary/aromatic N) is 2. The standard InChI is InChI=1S/C21H13FN2O3S/c1-11-5-6-15-14(9-11)18(25)16-17(12-3-2-4-13(22)10-12)24(20(26)19(16)27-15)21-23-7-8-28-21/h2-10,17H,1H3. The molecule has 0 saturated carbocycles. The Hall–Kier alpha value is -3.32. The molecule has 28 heavy (non-hydrogen) atoms. The Kier molecular flexibility index (Phi) is 3.67. The summed E-state index contributed by atoms with van der Waals surface area (Å²) in [6.07, 6.45) is 1.58. The Morgan fingerprint density at radius 2 is 2.04 bits per heavy atom. The lowest BCUT2D eigenvalue weighted by atomic mass is 9.98. The van der Waals surface area contributed by atoms with E-state index in [0.29, 0.717) is 21.7 Å². The highest BCUT2D eigenvalue weighted by molar-refractivity contribution is 7.13. The van der Waals surface area contributed by atoms with Crippen LogP contribution in [0.5, 0.6) is 0 Å². The van der Waals surface area contributed by atoms with Crippen LogP contribution in [0.15, 0.2) is 63.3 Å². The van der Waals surface area contributed by atoms with Gasteiger partial charge in [0.05, 0.1) is 17.0 Å². The van der Waals surface area contributed by atoms with Crippen molar-refractivity contribution in [3.05, 3.63) is 92.5 Å². The van der Waals surface area contributed by atoms with E-state index in [1.54, 1.807) is 35.8 Å². The molecule has 1 amide bonds. The fourth-order valence-electron chi connectivity index (χ4n) is 3.61. The van der Waals surface area contributed by atoms with Crippen molar-refractivity contribution < 1.29 is 13.6 Å². The number of aryl methyl sites for hydroxylation is 1. The third kappa shape index (κ3) is 2.40. The molecule has 0 fully saturated rings. The first-order valence-corrected chi connectivity index (χ1v) is 9.48. The average Bonchev–Trinajstić information content (AvgIpc) is 3.29. The lowest BCUT2D eigenvalue weighted by molar-refractivity contribution is 0.0971. The first-order valence-electron chi connectivity index (χ1n) is 8.60. The second-order valence-electron chi connectivity index (χ2n) is 6.62. The van der Waals surface area contributed by atoms with Gasteiger partial charge in [-0.2, -0.15) is 0 Å². The topological polar surface area (TPSA) is 63.4 Å². The largest absolute Gasteiger partial charge is 0.450 e. The van der Waals surface area contributed by atoms with Crippen LogP contribution < -0.4 is 10.3 Å². The monoisotopic (exact) mass is 392 g/mol. The van der Waals surface area contributed by atoms with Crippen molar-refractivity contribution in [3.8, 4) is 0 Å². The summed E-state index contributed by atoms with van der Waals surface area (Å²) in [6, 6.07) is 10.3. The van der Waals surface area contributed by atoms with Crippen molar-refractivity contribution in [2.75, 3.05) is 4.90 Å². The molecule has 7 heteroatoms. The van der Waals surface area contributed by atoms with E-state index in [9.17, 15) is 14.0 Å². The summed E-state index contributed by atoms with van der Waals surface area (Å²) >= 11 is 1.27. The maximum Gasteiger partial charge on any atom is 0.297 e. The number of carbonyl (C=O) groups is 1. The summed E-state index contributed by atoms with van der Waals surface area (Å²) in [6.45, 7) is 1.88. The van der Waals surface area contributed by atoms with Crippen LogP contribution in [0.3, 0.4) is 0 Å². The van der Waals surface area contributed by atoms with Gasteiger partial charge in [-0.05, 0) is 36.8 Å². The summed E-state index contributed by atoms with van der Waals surface area (Å²) < 4.78 is 19.8.